The van der Waals surface area contributed by atoms with Gasteiger partial charge in [-0.05, 0) is 48.9 Å². The number of aromatic nitrogens is 1. The van der Waals surface area contributed by atoms with E-state index in [1.165, 1.54) is 0 Å². The van der Waals surface area contributed by atoms with Crippen LogP contribution in [0.2, 0.25) is 5.02 Å². The van der Waals surface area contributed by atoms with Gasteiger partial charge in [0.05, 0.1) is 5.92 Å². The lowest BCUT2D eigenvalue weighted by atomic mass is 10.0. The van der Waals surface area contributed by atoms with Gasteiger partial charge >= 0.3 is 5.97 Å². The molecule has 0 aliphatic heterocycles. The van der Waals surface area contributed by atoms with Gasteiger partial charge in [0.25, 0.3) is 5.89 Å². The van der Waals surface area contributed by atoms with Gasteiger partial charge in [0.15, 0.2) is 5.58 Å². The minimum atomic E-state index is -0.926. The summed E-state index contributed by atoms with van der Waals surface area (Å²) in [5.41, 5.74) is 1.90. The standard InChI is InChI=1S/C17H12ClNO4/c1-9(17(21)22)11-4-7-14-13(8-11)19-16(23-14)15(20)10-2-5-12(18)6-3-10/h2-9H,1H3,(H,21,22). The molecule has 0 aliphatic rings. The Morgan fingerprint density at radius 2 is 1.87 bits per heavy atom. The molecule has 0 fully saturated rings. The van der Waals surface area contributed by atoms with Crippen molar-refractivity contribution in [3.8, 4) is 0 Å². The van der Waals surface area contributed by atoms with E-state index >= 15 is 0 Å². The summed E-state index contributed by atoms with van der Waals surface area (Å²) >= 11 is 5.80. The molecule has 1 N–H and O–H groups in total. The molecule has 0 radical (unpaired) electrons. The van der Waals surface area contributed by atoms with E-state index in [1.54, 1.807) is 49.4 Å². The second kappa shape index (κ2) is 5.85. The summed E-state index contributed by atoms with van der Waals surface area (Å²) in [5.74, 6) is -1.98. The van der Waals surface area contributed by atoms with Crippen molar-refractivity contribution in [3.63, 3.8) is 0 Å². The number of hydrogen-bond donors (Lipinski definition) is 1. The van der Waals surface area contributed by atoms with E-state index in [9.17, 15) is 9.59 Å². The fourth-order valence-electron chi connectivity index (χ4n) is 2.18. The largest absolute Gasteiger partial charge is 0.481 e. The highest BCUT2D eigenvalue weighted by Gasteiger charge is 2.19. The Labute approximate surface area is 136 Å². The summed E-state index contributed by atoms with van der Waals surface area (Å²) in [5, 5.41) is 9.60. The van der Waals surface area contributed by atoms with E-state index < -0.39 is 11.9 Å². The molecule has 5 nitrogen and oxygen atoms in total. The smallest absolute Gasteiger partial charge is 0.310 e. The number of oxazole rings is 1. The molecular weight excluding hydrogens is 318 g/mol. The third-order valence-corrected chi connectivity index (χ3v) is 3.83. The number of aliphatic carboxylic acids is 1. The predicted molar refractivity (Wildman–Crippen MR) is 84.9 cm³/mol. The minimum absolute atomic E-state index is 0.0394. The molecule has 2 aromatic carbocycles. The van der Waals surface area contributed by atoms with Gasteiger partial charge in [0.1, 0.15) is 5.52 Å². The Balaban J connectivity index is 1.98. The number of carboxylic acids is 1. The first kappa shape index (κ1) is 15.2. The van der Waals surface area contributed by atoms with Crippen molar-refractivity contribution in [1.29, 1.82) is 0 Å². The van der Waals surface area contributed by atoms with Crippen LogP contribution in [-0.2, 0) is 4.79 Å². The molecule has 0 saturated heterocycles. The highest BCUT2D eigenvalue weighted by molar-refractivity contribution is 6.30. The second-order valence-corrected chi connectivity index (χ2v) is 5.58. The average molecular weight is 330 g/mol. The second-order valence-electron chi connectivity index (χ2n) is 5.14. The third-order valence-electron chi connectivity index (χ3n) is 3.58. The molecule has 6 heteroatoms. The molecule has 116 valence electrons. The topological polar surface area (TPSA) is 80.4 Å². The lowest BCUT2D eigenvalue weighted by Crippen LogP contribution is -2.06. The van der Waals surface area contributed by atoms with Gasteiger partial charge in [-0.15, -0.1) is 0 Å². The third kappa shape index (κ3) is 2.96. The van der Waals surface area contributed by atoms with E-state index in [4.69, 9.17) is 21.1 Å². The van der Waals surface area contributed by atoms with Crippen LogP contribution in [0.15, 0.2) is 46.9 Å². The zero-order valence-corrected chi connectivity index (χ0v) is 12.9. The predicted octanol–water partition coefficient (Wildman–Crippen LogP) is 3.90. The number of carbonyl (C=O) groups excluding carboxylic acids is 1. The molecule has 3 rings (SSSR count). The fourth-order valence-corrected chi connectivity index (χ4v) is 2.30. The molecule has 0 aliphatic carbocycles. The Morgan fingerprint density at radius 3 is 2.52 bits per heavy atom. The van der Waals surface area contributed by atoms with Gasteiger partial charge in [0, 0.05) is 10.6 Å². The van der Waals surface area contributed by atoms with Gasteiger partial charge in [-0.25, -0.2) is 4.98 Å². The van der Waals surface area contributed by atoms with Gasteiger partial charge in [0.2, 0.25) is 5.78 Å². The van der Waals surface area contributed by atoms with E-state index in [2.05, 4.69) is 4.98 Å². The molecule has 1 atom stereocenters. The van der Waals surface area contributed by atoms with Crippen LogP contribution in [-0.4, -0.2) is 21.8 Å². The van der Waals surface area contributed by atoms with Crippen LogP contribution in [0.4, 0.5) is 0 Å². The maximum atomic E-state index is 12.4. The molecule has 1 aromatic heterocycles. The average Bonchev–Trinajstić information content (AvgIpc) is 2.97. The maximum Gasteiger partial charge on any atom is 0.310 e. The summed E-state index contributed by atoms with van der Waals surface area (Å²) in [6, 6.07) is 11.3. The molecular formula is C17H12ClNO4. The maximum absolute atomic E-state index is 12.4. The number of carbonyl (C=O) groups is 2. The Bertz CT molecular complexity index is 899. The first-order valence-electron chi connectivity index (χ1n) is 6.89. The first-order chi connectivity index (χ1) is 11.0. The summed E-state index contributed by atoms with van der Waals surface area (Å²) in [7, 11) is 0. The summed E-state index contributed by atoms with van der Waals surface area (Å²) in [6.07, 6.45) is 0. The molecule has 3 aromatic rings. The van der Waals surface area contributed by atoms with E-state index in [1.807, 2.05) is 0 Å². The number of rotatable bonds is 4. The Kier molecular flexibility index (Phi) is 3.88. The first-order valence-corrected chi connectivity index (χ1v) is 7.27. The molecule has 1 unspecified atom stereocenters. The van der Waals surface area contributed by atoms with Crippen LogP contribution in [0.5, 0.6) is 0 Å². The summed E-state index contributed by atoms with van der Waals surface area (Å²) in [4.78, 5) is 27.6. The van der Waals surface area contributed by atoms with Crippen molar-refractivity contribution in [2.24, 2.45) is 0 Å². The van der Waals surface area contributed by atoms with Crippen molar-refractivity contribution < 1.29 is 19.1 Å². The zero-order chi connectivity index (χ0) is 16.6. The van der Waals surface area contributed by atoms with Crippen LogP contribution in [0.1, 0.15) is 34.7 Å². The quantitative estimate of drug-likeness (QED) is 0.734. The highest BCUT2D eigenvalue weighted by atomic mass is 35.5. The van der Waals surface area contributed by atoms with Crippen molar-refractivity contribution in [2.45, 2.75) is 12.8 Å². The van der Waals surface area contributed by atoms with Crippen LogP contribution in [0.3, 0.4) is 0 Å². The van der Waals surface area contributed by atoms with Crippen LogP contribution in [0, 0.1) is 0 Å². The fraction of sp³-hybridized carbons (Fsp3) is 0.118. The van der Waals surface area contributed by atoms with Gasteiger partial charge in [-0.2, -0.15) is 0 Å². The Hall–Kier alpha value is -2.66. The minimum Gasteiger partial charge on any atom is -0.481 e. The van der Waals surface area contributed by atoms with E-state index in [0.29, 0.717) is 27.2 Å². The lowest BCUT2D eigenvalue weighted by Gasteiger charge is -2.04. The molecule has 23 heavy (non-hydrogen) atoms. The number of carboxylic acid groups (broad SMARTS) is 1. The van der Waals surface area contributed by atoms with Gasteiger partial charge in [-0.3, -0.25) is 9.59 Å². The highest BCUT2D eigenvalue weighted by Crippen LogP contribution is 2.24. The van der Waals surface area contributed by atoms with Crippen LogP contribution < -0.4 is 0 Å². The van der Waals surface area contributed by atoms with Crippen LogP contribution >= 0.6 is 11.6 Å². The van der Waals surface area contributed by atoms with Gasteiger partial charge in [-0.1, -0.05) is 17.7 Å². The zero-order valence-electron chi connectivity index (χ0n) is 12.1. The van der Waals surface area contributed by atoms with Crippen molar-refractivity contribution >= 4 is 34.5 Å². The van der Waals surface area contributed by atoms with Gasteiger partial charge < -0.3 is 9.52 Å². The van der Waals surface area contributed by atoms with Crippen molar-refractivity contribution in [3.05, 3.63) is 64.5 Å². The molecule has 1 heterocycles. The van der Waals surface area contributed by atoms with Crippen molar-refractivity contribution in [2.75, 3.05) is 0 Å². The number of hydrogen-bond acceptors (Lipinski definition) is 4. The Morgan fingerprint density at radius 1 is 1.17 bits per heavy atom. The number of halogens is 1. The number of fused-ring (bicyclic) bond motifs is 1. The van der Waals surface area contributed by atoms with Crippen molar-refractivity contribution in [1.82, 2.24) is 4.98 Å². The number of ketones is 1. The van der Waals surface area contributed by atoms with E-state index in [-0.39, 0.29) is 11.7 Å². The summed E-state index contributed by atoms with van der Waals surface area (Å²) in [6.45, 7) is 1.59. The normalized spacial score (nSPS) is 12.3. The number of benzene rings is 2. The molecule has 0 spiro atoms. The van der Waals surface area contributed by atoms with E-state index in [0.717, 1.165) is 0 Å². The monoisotopic (exact) mass is 329 g/mol. The molecule has 0 amide bonds. The summed E-state index contributed by atoms with van der Waals surface area (Å²) < 4.78 is 5.47. The lowest BCUT2D eigenvalue weighted by molar-refractivity contribution is -0.138. The molecule has 0 bridgehead atoms. The SMILES string of the molecule is CC(C(=O)O)c1ccc2oc(C(=O)c3ccc(Cl)cc3)nc2c1. The van der Waals surface area contributed by atoms with Crippen LogP contribution in [0.25, 0.3) is 11.1 Å². The molecule has 0 saturated carbocycles. The number of nitrogens with zero attached hydrogens (tertiary/aromatic N) is 1.